The van der Waals surface area contributed by atoms with Crippen LogP contribution in [0, 0.1) is 0 Å². The Kier molecular flexibility index (Phi) is 7.08. The monoisotopic (exact) mass is 497 g/mol. The lowest BCUT2D eigenvalue weighted by Crippen LogP contribution is -2.32. The Hall–Kier alpha value is -2.23. The summed E-state index contributed by atoms with van der Waals surface area (Å²) in [5.74, 6) is 1.39. The molecule has 3 aromatic heterocycles. The molecule has 0 N–H and O–H groups in total. The first-order chi connectivity index (χ1) is 16.2. The Morgan fingerprint density at radius 2 is 2.00 bits per heavy atom. The van der Waals surface area contributed by atoms with Gasteiger partial charge in [-0.1, -0.05) is 60.6 Å². The number of para-hydroxylation sites is 1. The molecule has 1 amide bonds. The van der Waals surface area contributed by atoms with Crippen LogP contribution in [0.2, 0.25) is 0 Å². The minimum absolute atomic E-state index is 0.0551. The van der Waals surface area contributed by atoms with Crippen LogP contribution in [0.5, 0.6) is 0 Å². The molecule has 1 aliphatic rings. The molecule has 0 spiro atoms. The fourth-order valence-corrected chi connectivity index (χ4v) is 7.05. The average Bonchev–Trinajstić information content (AvgIpc) is 3.59. The molecule has 0 radical (unpaired) electrons. The number of thioether (sulfide) groups is 1. The summed E-state index contributed by atoms with van der Waals surface area (Å²) in [6.45, 7) is 2.59. The molecule has 0 aliphatic heterocycles. The lowest BCUT2D eigenvalue weighted by molar-refractivity contribution is -0.116. The van der Waals surface area contributed by atoms with Gasteiger partial charge in [-0.25, -0.2) is 4.98 Å². The predicted molar refractivity (Wildman–Crippen MR) is 138 cm³/mol. The summed E-state index contributed by atoms with van der Waals surface area (Å²) in [7, 11) is 0. The van der Waals surface area contributed by atoms with Crippen LogP contribution in [-0.2, 0) is 11.2 Å². The van der Waals surface area contributed by atoms with E-state index < -0.39 is 0 Å². The first-order valence-corrected chi connectivity index (χ1v) is 14.2. The smallest absolute Gasteiger partial charge is 0.239 e. The number of carbonyl (C=O) groups is 1. The van der Waals surface area contributed by atoms with E-state index in [0.717, 1.165) is 45.6 Å². The van der Waals surface area contributed by atoms with Crippen molar-refractivity contribution in [2.45, 2.75) is 56.6 Å². The lowest BCUT2D eigenvalue weighted by atomic mass is 9.95. The number of nitrogens with zero attached hydrogens (tertiary/aromatic N) is 5. The van der Waals surface area contributed by atoms with Crippen molar-refractivity contribution in [3.63, 3.8) is 0 Å². The molecule has 1 fully saturated rings. The van der Waals surface area contributed by atoms with E-state index in [4.69, 9.17) is 0 Å². The second-order valence-corrected chi connectivity index (χ2v) is 11.2. The number of aromatic nitrogens is 4. The van der Waals surface area contributed by atoms with Crippen LogP contribution in [0.1, 0.15) is 55.8 Å². The zero-order valence-corrected chi connectivity index (χ0v) is 21.1. The molecular weight excluding hydrogens is 470 g/mol. The SMILES string of the molecule is CCN(C(=O)CSc1nnc(Cc2cccs2)n1C1CCCCC1)c1nc2ccccc2s1. The fourth-order valence-electron chi connectivity index (χ4n) is 4.40. The van der Waals surface area contributed by atoms with Crippen LogP contribution in [0.15, 0.2) is 46.9 Å². The molecule has 1 aromatic carbocycles. The van der Waals surface area contributed by atoms with E-state index in [2.05, 4.69) is 37.3 Å². The average molecular weight is 498 g/mol. The van der Waals surface area contributed by atoms with E-state index in [9.17, 15) is 4.79 Å². The maximum absolute atomic E-state index is 13.2. The minimum Gasteiger partial charge on any atom is -0.303 e. The van der Waals surface area contributed by atoms with Crippen LogP contribution in [0.3, 0.4) is 0 Å². The van der Waals surface area contributed by atoms with Crippen molar-refractivity contribution in [1.82, 2.24) is 19.7 Å². The van der Waals surface area contributed by atoms with Gasteiger partial charge in [0.2, 0.25) is 5.91 Å². The summed E-state index contributed by atoms with van der Waals surface area (Å²) < 4.78 is 3.42. The normalized spacial score (nSPS) is 14.7. The Balaban J connectivity index is 1.34. The van der Waals surface area contributed by atoms with Crippen LogP contribution in [0.25, 0.3) is 10.2 Å². The van der Waals surface area contributed by atoms with Crippen molar-refractivity contribution in [1.29, 1.82) is 0 Å². The fraction of sp³-hybridized carbons (Fsp3) is 0.417. The highest BCUT2D eigenvalue weighted by Crippen LogP contribution is 2.34. The molecule has 5 rings (SSSR count). The number of thiazole rings is 1. The third-order valence-electron chi connectivity index (χ3n) is 6.04. The summed E-state index contributed by atoms with van der Waals surface area (Å²) in [5, 5.41) is 12.8. The minimum atomic E-state index is 0.0551. The molecule has 0 atom stereocenters. The van der Waals surface area contributed by atoms with E-state index in [1.54, 1.807) is 27.6 Å². The number of carbonyl (C=O) groups excluding carboxylic acids is 1. The third-order valence-corrected chi connectivity index (χ3v) is 8.91. The van der Waals surface area contributed by atoms with Gasteiger partial charge in [-0.05, 0) is 43.3 Å². The third kappa shape index (κ3) is 5.00. The number of anilines is 1. The first-order valence-electron chi connectivity index (χ1n) is 11.5. The van der Waals surface area contributed by atoms with Crippen molar-refractivity contribution in [3.8, 4) is 0 Å². The van der Waals surface area contributed by atoms with Crippen molar-refractivity contribution < 1.29 is 4.79 Å². The molecule has 1 aliphatic carbocycles. The van der Waals surface area contributed by atoms with E-state index in [-0.39, 0.29) is 5.91 Å². The molecule has 1 saturated carbocycles. The second kappa shape index (κ2) is 10.4. The summed E-state index contributed by atoms with van der Waals surface area (Å²) in [5.41, 5.74) is 0.937. The zero-order valence-electron chi connectivity index (χ0n) is 18.6. The number of rotatable bonds is 8. The largest absolute Gasteiger partial charge is 0.303 e. The first kappa shape index (κ1) is 22.6. The van der Waals surface area contributed by atoms with Gasteiger partial charge in [0, 0.05) is 23.9 Å². The van der Waals surface area contributed by atoms with Gasteiger partial charge in [0.15, 0.2) is 10.3 Å². The molecule has 172 valence electrons. The van der Waals surface area contributed by atoms with Gasteiger partial charge in [-0.2, -0.15) is 0 Å². The number of hydrogen-bond acceptors (Lipinski definition) is 7. The van der Waals surface area contributed by atoms with Crippen molar-refractivity contribution >= 4 is 55.7 Å². The standard InChI is InChI=1S/C24H27N5OS3/c1-2-28(23-25-19-12-6-7-13-20(19)33-23)22(30)16-32-24-27-26-21(15-18-11-8-14-31-18)29(24)17-9-4-3-5-10-17/h6-8,11-14,17H,2-5,9-10,15-16H2,1H3. The summed E-state index contributed by atoms with van der Waals surface area (Å²) in [6, 6.07) is 12.7. The van der Waals surface area contributed by atoms with E-state index >= 15 is 0 Å². The van der Waals surface area contributed by atoms with E-state index in [1.165, 1.54) is 35.9 Å². The highest BCUT2D eigenvalue weighted by molar-refractivity contribution is 7.99. The molecule has 6 nitrogen and oxygen atoms in total. The van der Waals surface area contributed by atoms with Crippen LogP contribution in [0.4, 0.5) is 5.13 Å². The summed E-state index contributed by atoms with van der Waals surface area (Å²) in [4.78, 5) is 20.9. The zero-order chi connectivity index (χ0) is 22.6. The van der Waals surface area contributed by atoms with Crippen molar-refractivity contribution in [2.75, 3.05) is 17.2 Å². The number of thiophene rings is 1. The van der Waals surface area contributed by atoms with Crippen molar-refractivity contribution in [2.24, 2.45) is 0 Å². The number of amides is 1. The van der Waals surface area contributed by atoms with Crippen LogP contribution in [-0.4, -0.2) is 38.0 Å². The Morgan fingerprint density at radius 1 is 1.15 bits per heavy atom. The molecule has 4 aromatic rings. The highest BCUT2D eigenvalue weighted by atomic mass is 32.2. The number of hydrogen-bond donors (Lipinski definition) is 0. The Morgan fingerprint density at radius 3 is 2.76 bits per heavy atom. The molecule has 0 saturated heterocycles. The Labute approximate surface area is 206 Å². The van der Waals surface area contributed by atoms with Gasteiger partial charge in [-0.15, -0.1) is 21.5 Å². The molecule has 0 unspecified atom stereocenters. The van der Waals surface area contributed by atoms with Gasteiger partial charge >= 0.3 is 0 Å². The quantitative estimate of drug-likeness (QED) is 0.272. The summed E-state index contributed by atoms with van der Waals surface area (Å²) >= 11 is 4.82. The molecule has 3 heterocycles. The predicted octanol–water partition coefficient (Wildman–Crippen LogP) is 6.19. The number of fused-ring (bicyclic) bond motifs is 1. The Bertz CT molecular complexity index is 1180. The van der Waals surface area contributed by atoms with Crippen LogP contribution >= 0.6 is 34.4 Å². The van der Waals surface area contributed by atoms with E-state index in [0.29, 0.717) is 18.3 Å². The molecule has 9 heteroatoms. The van der Waals surface area contributed by atoms with Crippen molar-refractivity contribution in [3.05, 3.63) is 52.5 Å². The molecule has 0 bridgehead atoms. The highest BCUT2D eigenvalue weighted by Gasteiger charge is 2.25. The van der Waals surface area contributed by atoms with Gasteiger partial charge < -0.3 is 4.57 Å². The lowest BCUT2D eigenvalue weighted by Gasteiger charge is -2.25. The topological polar surface area (TPSA) is 63.9 Å². The second-order valence-electron chi connectivity index (χ2n) is 8.21. The van der Waals surface area contributed by atoms with Gasteiger partial charge in [0.25, 0.3) is 0 Å². The van der Waals surface area contributed by atoms with Gasteiger partial charge in [0.05, 0.1) is 16.0 Å². The molecule has 33 heavy (non-hydrogen) atoms. The number of benzene rings is 1. The van der Waals surface area contributed by atoms with E-state index in [1.807, 2.05) is 31.2 Å². The maximum Gasteiger partial charge on any atom is 0.239 e. The molecular formula is C24H27N5OS3. The van der Waals surface area contributed by atoms with Crippen LogP contribution < -0.4 is 4.90 Å². The van der Waals surface area contributed by atoms with Gasteiger partial charge in [0.1, 0.15) is 5.82 Å². The maximum atomic E-state index is 13.2. The summed E-state index contributed by atoms with van der Waals surface area (Å²) in [6.07, 6.45) is 6.89. The van der Waals surface area contributed by atoms with Gasteiger partial charge in [-0.3, -0.25) is 9.69 Å².